The Balaban J connectivity index is 2.74. The second-order valence-electron chi connectivity index (χ2n) is 5.35. The zero-order valence-electron chi connectivity index (χ0n) is 14.0. The molecule has 0 unspecified atom stereocenters. The Morgan fingerprint density at radius 1 is 1.38 bits per heavy atom. The Hall–Kier alpha value is -2.96. The van der Waals surface area contributed by atoms with Gasteiger partial charge in [0.1, 0.15) is 5.57 Å². The van der Waals surface area contributed by atoms with Crippen molar-refractivity contribution in [2.45, 2.75) is 20.8 Å². The fourth-order valence-electron chi connectivity index (χ4n) is 2.54. The predicted octanol–water partition coefficient (Wildman–Crippen LogP) is 2.93. The monoisotopic (exact) mass is 330 g/mol. The van der Waals surface area contributed by atoms with Gasteiger partial charge >= 0.3 is 5.97 Å². The number of nitro benzene ring substituents is 1. The fraction of sp³-hybridized carbons (Fsp3) is 0.294. The molecule has 0 spiro atoms. The van der Waals surface area contributed by atoms with E-state index in [2.05, 4.69) is 0 Å². The lowest BCUT2D eigenvalue weighted by Gasteiger charge is -2.04. The number of benzene rings is 1. The summed E-state index contributed by atoms with van der Waals surface area (Å²) in [7, 11) is 1.82. The summed E-state index contributed by atoms with van der Waals surface area (Å²) in [5.74, 6) is -1.12. The maximum atomic E-state index is 12.0. The topological polar surface area (TPSA) is 91.4 Å². The number of fused-ring (bicyclic) bond motifs is 1. The molecule has 2 rings (SSSR count). The summed E-state index contributed by atoms with van der Waals surface area (Å²) >= 11 is 0. The lowest BCUT2D eigenvalue weighted by molar-refractivity contribution is -0.384. The number of carbonyl (C=O) groups is 2. The number of rotatable bonds is 5. The quantitative estimate of drug-likeness (QED) is 0.210. The highest BCUT2D eigenvalue weighted by atomic mass is 16.6. The van der Waals surface area contributed by atoms with Crippen molar-refractivity contribution in [1.29, 1.82) is 0 Å². The number of ketones is 1. The molecule has 7 nitrogen and oxygen atoms in total. The number of carbonyl (C=O) groups excluding carboxylic acids is 2. The third kappa shape index (κ3) is 3.05. The lowest BCUT2D eigenvalue weighted by Crippen LogP contribution is -2.13. The number of ether oxygens (including phenoxy) is 1. The van der Waals surface area contributed by atoms with Crippen LogP contribution in [0.4, 0.5) is 5.69 Å². The van der Waals surface area contributed by atoms with Crippen molar-refractivity contribution in [3.8, 4) is 0 Å². The van der Waals surface area contributed by atoms with Crippen molar-refractivity contribution in [2.24, 2.45) is 7.05 Å². The lowest BCUT2D eigenvalue weighted by atomic mass is 10.0. The minimum Gasteiger partial charge on any atom is -0.462 e. The highest BCUT2D eigenvalue weighted by Crippen LogP contribution is 2.30. The normalized spacial score (nSPS) is 11.6. The third-order valence-corrected chi connectivity index (χ3v) is 3.90. The number of hydrogen-bond acceptors (Lipinski definition) is 5. The Morgan fingerprint density at radius 2 is 2.04 bits per heavy atom. The van der Waals surface area contributed by atoms with Crippen molar-refractivity contribution >= 4 is 34.4 Å². The minimum atomic E-state index is -0.702. The van der Waals surface area contributed by atoms with E-state index in [1.165, 1.54) is 25.1 Å². The number of aromatic nitrogens is 1. The van der Waals surface area contributed by atoms with Gasteiger partial charge in [0, 0.05) is 41.3 Å². The van der Waals surface area contributed by atoms with Crippen LogP contribution in [0, 0.1) is 17.0 Å². The summed E-state index contributed by atoms with van der Waals surface area (Å²) in [5.41, 5.74) is 2.02. The zero-order valence-corrected chi connectivity index (χ0v) is 14.0. The maximum absolute atomic E-state index is 12.0. The molecule has 1 aromatic heterocycles. The molecule has 126 valence electrons. The van der Waals surface area contributed by atoms with Crippen LogP contribution in [0.25, 0.3) is 17.0 Å². The summed E-state index contributed by atoms with van der Waals surface area (Å²) in [6.07, 6.45) is 1.45. The van der Waals surface area contributed by atoms with Crippen LogP contribution in [-0.2, 0) is 21.4 Å². The van der Waals surface area contributed by atoms with E-state index in [0.717, 1.165) is 11.2 Å². The molecule has 7 heteroatoms. The molecule has 0 fully saturated rings. The van der Waals surface area contributed by atoms with E-state index in [1.807, 2.05) is 18.5 Å². The van der Waals surface area contributed by atoms with Gasteiger partial charge in [-0.25, -0.2) is 4.79 Å². The van der Waals surface area contributed by atoms with Crippen LogP contribution in [0.3, 0.4) is 0 Å². The molecule has 0 aliphatic heterocycles. The summed E-state index contributed by atoms with van der Waals surface area (Å²) in [4.78, 5) is 34.3. The van der Waals surface area contributed by atoms with Gasteiger partial charge in [-0.2, -0.15) is 0 Å². The van der Waals surface area contributed by atoms with Crippen molar-refractivity contribution in [1.82, 2.24) is 4.57 Å². The van der Waals surface area contributed by atoms with E-state index in [0.29, 0.717) is 10.9 Å². The van der Waals surface area contributed by atoms with E-state index >= 15 is 0 Å². The molecule has 2 aromatic rings. The van der Waals surface area contributed by atoms with Crippen LogP contribution in [-0.4, -0.2) is 27.8 Å². The van der Waals surface area contributed by atoms with Gasteiger partial charge in [-0.15, -0.1) is 0 Å². The first-order valence-electron chi connectivity index (χ1n) is 7.41. The van der Waals surface area contributed by atoms with Gasteiger partial charge in [-0.1, -0.05) is 0 Å². The number of Topliss-reactive ketones (excluding diaryl/α,β-unsaturated/α-hetero) is 1. The molecule has 0 bridgehead atoms. The second-order valence-corrected chi connectivity index (χ2v) is 5.35. The van der Waals surface area contributed by atoms with Gasteiger partial charge in [0.05, 0.1) is 11.5 Å². The molecule has 0 saturated heterocycles. The van der Waals surface area contributed by atoms with Crippen molar-refractivity contribution in [2.75, 3.05) is 6.61 Å². The van der Waals surface area contributed by atoms with E-state index in [1.54, 1.807) is 13.0 Å². The van der Waals surface area contributed by atoms with Gasteiger partial charge in [0.15, 0.2) is 5.78 Å². The first-order valence-corrected chi connectivity index (χ1v) is 7.41. The summed E-state index contributed by atoms with van der Waals surface area (Å²) in [5, 5.41) is 11.6. The molecule has 0 radical (unpaired) electrons. The molecule has 24 heavy (non-hydrogen) atoms. The molecular weight excluding hydrogens is 312 g/mol. The average Bonchev–Trinajstić information content (AvgIpc) is 2.76. The van der Waals surface area contributed by atoms with E-state index < -0.39 is 16.7 Å². The summed E-state index contributed by atoms with van der Waals surface area (Å²) in [6, 6.07) is 4.51. The highest BCUT2D eigenvalue weighted by molar-refractivity contribution is 6.20. The molecule has 0 amide bonds. The largest absolute Gasteiger partial charge is 0.462 e. The Labute approximate surface area is 138 Å². The van der Waals surface area contributed by atoms with Crippen LogP contribution < -0.4 is 0 Å². The van der Waals surface area contributed by atoms with Gasteiger partial charge < -0.3 is 9.30 Å². The van der Waals surface area contributed by atoms with E-state index in [-0.39, 0.29) is 17.9 Å². The highest BCUT2D eigenvalue weighted by Gasteiger charge is 2.20. The first kappa shape index (κ1) is 17.4. The van der Waals surface area contributed by atoms with Crippen LogP contribution in [0.5, 0.6) is 0 Å². The molecular formula is C17H18N2O5. The van der Waals surface area contributed by atoms with Crippen molar-refractivity contribution in [3.63, 3.8) is 0 Å². The molecule has 0 aliphatic carbocycles. The second kappa shape index (κ2) is 6.66. The van der Waals surface area contributed by atoms with Crippen LogP contribution in [0.15, 0.2) is 23.8 Å². The number of non-ortho nitro benzene ring substituents is 1. The fourth-order valence-corrected chi connectivity index (χ4v) is 2.54. The van der Waals surface area contributed by atoms with Crippen LogP contribution in [0.1, 0.15) is 25.1 Å². The van der Waals surface area contributed by atoms with E-state index in [9.17, 15) is 19.7 Å². The molecule has 0 atom stereocenters. The van der Waals surface area contributed by atoms with Crippen molar-refractivity contribution in [3.05, 3.63) is 45.1 Å². The molecule has 0 N–H and O–H groups in total. The smallest absolute Gasteiger partial charge is 0.341 e. The third-order valence-electron chi connectivity index (χ3n) is 3.90. The number of esters is 1. The molecule has 1 aromatic carbocycles. The standard InChI is InChI=1S/C17H18N2O5/c1-5-24-17(21)14(11(3)20)9-13-10(2)18(4)16-7-6-12(19(22)23)8-15(13)16/h6-9H,5H2,1-4H3. The molecule has 0 aliphatic rings. The summed E-state index contributed by atoms with van der Waals surface area (Å²) in [6.45, 7) is 4.91. The Morgan fingerprint density at radius 3 is 2.58 bits per heavy atom. The molecule has 1 heterocycles. The number of hydrogen-bond donors (Lipinski definition) is 0. The van der Waals surface area contributed by atoms with Crippen LogP contribution in [0.2, 0.25) is 0 Å². The predicted molar refractivity (Wildman–Crippen MR) is 89.6 cm³/mol. The first-order chi connectivity index (χ1) is 11.3. The SMILES string of the molecule is CCOC(=O)C(=Cc1c(C)n(C)c2ccc([N+](=O)[O-])cc12)C(C)=O. The van der Waals surface area contributed by atoms with Crippen molar-refractivity contribution < 1.29 is 19.2 Å². The minimum absolute atomic E-state index is 0.0525. The number of nitrogens with zero attached hydrogens (tertiary/aromatic N) is 2. The average molecular weight is 330 g/mol. The zero-order chi connectivity index (χ0) is 18.0. The maximum Gasteiger partial charge on any atom is 0.341 e. The van der Waals surface area contributed by atoms with E-state index in [4.69, 9.17) is 4.74 Å². The van der Waals surface area contributed by atoms with Gasteiger partial charge in [-0.05, 0) is 32.9 Å². The molecule has 0 saturated carbocycles. The Bertz CT molecular complexity index is 877. The number of nitro groups is 1. The van der Waals surface area contributed by atoms with Gasteiger partial charge in [0.25, 0.3) is 5.69 Å². The van der Waals surface area contributed by atoms with Gasteiger partial charge in [-0.3, -0.25) is 14.9 Å². The Kier molecular flexibility index (Phi) is 4.82. The summed E-state index contributed by atoms with van der Waals surface area (Å²) < 4.78 is 6.77. The van der Waals surface area contributed by atoms with Crippen LogP contribution >= 0.6 is 0 Å². The van der Waals surface area contributed by atoms with Gasteiger partial charge in [0.2, 0.25) is 0 Å². The number of aryl methyl sites for hydroxylation is 1.